The summed E-state index contributed by atoms with van der Waals surface area (Å²) in [7, 11) is 0. The molecule has 0 aromatic heterocycles. The van der Waals surface area contributed by atoms with Crippen LogP contribution in [0.4, 0.5) is 0 Å². The molecule has 2 rings (SSSR count). The van der Waals surface area contributed by atoms with Crippen molar-refractivity contribution in [2.45, 2.75) is 25.8 Å². The first kappa shape index (κ1) is 16.6. The maximum atomic E-state index is 11.9. The van der Waals surface area contributed by atoms with Crippen LogP contribution in [0.5, 0.6) is 5.75 Å². The number of rotatable bonds is 7. The molecule has 0 heterocycles. The van der Waals surface area contributed by atoms with Gasteiger partial charge in [0.15, 0.2) is 0 Å². The maximum absolute atomic E-state index is 11.9. The van der Waals surface area contributed by atoms with Gasteiger partial charge in [0.25, 0.3) is 0 Å². The van der Waals surface area contributed by atoms with Crippen LogP contribution in [0.15, 0.2) is 59.1 Å². The van der Waals surface area contributed by atoms with E-state index in [-0.39, 0.29) is 11.9 Å². The summed E-state index contributed by atoms with van der Waals surface area (Å²) < 4.78 is 6.61. The van der Waals surface area contributed by atoms with Crippen LogP contribution in [0.1, 0.15) is 31.4 Å². The minimum atomic E-state index is 0.00985. The predicted octanol–water partition coefficient (Wildman–Crippen LogP) is 4.49. The third-order valence-electron chi connectivity index (χ3n) is 3.31. The summed E-state index contributed by atoms with van der Waals surface area (Å²) in [5, 5.41) is 3.00. The molecule has 0 saturated heterocycles. The summed E-state index contributed by atoms with van der Waals surface area (Å²) in [6, 6.07) is 17.6. The fourth-order valence-electron chi connectivity index (χ4n) is 2.09. The molecule has 0 fully saturated rings. The Labute approximate surface area is 139 Å². The lowest BCUT2D eigenvalue weighted by molar-refractivity contribution is -0.121. The van der Waals surface area contributed by atoms with Crippen LogP contribution in [-0.2, 0) is 4.79 Å². The summed E-state index contributed by atoms with van der Waals surface area (Å²) in [5.74, 6) is 0.887. The van der Waals surface area contributed by atoms with E-state index in [0.29, 0.717) is 19.4 Å². The smallest absolute Gasteiger partial charge is 0.220 e. The van der Waals surface area contributed by atoms with E-state index in [4.69, 9.17) is 4.74 Å². The first-order valence-electron chi connectivity index (χ1n) is 7.38. The SMILES string of the molecule is C[C@@H](NC(=O)CCCOc1ccccc1)c1ccc(Br)cc1. The highest BCUT2D eigenvalue weighted by molar-refractivity contribution is 9.10. The van der Waals surface area contributed by atoms with Gasteiger partial charge < -0.3 is 10.1 Å². The molecule has 0 radical (unpaired) electrons. The zero-order valence-corrected chi connectivity index (χ0v) is 14.2. The van der Waals surface area contributed by atoms with E-state index in [1.54, 1.807) is 0 Å². The summed E-state index contributed by atoms with van der Waals surface area (Å²) in [5.41, 5.74) is 1.09. The number of ether oxygens (including phenoxy) is 1. The Bertz CT molecular complexity index is 584. The number of halogens is 1. The zero-order valence-electron chi connectivity index (χ0n) is 12.6. The van der Waals surface area contributed by atoms with Gasteiger partial charge in [-0.25, -0.2) is 0 Å². The lowest BCUT2D eigenvalue weighted by Gasteiger charge is -2.14. The van der Waals surface area contributed by atoms with E-state index >= 15 is 0 Å². The quantitative estimate of drug-likeness (QED) is 0.738. The third-order valence-corrected chi connectivity index (χ3v) is 3.84. The predicted molar refractivity (Wildman–Crippen MR) is 91.9 cm³/mol. The summed E-state index contributed by atoms with van der Waals surface area (Å²) in [6.07, 6.45) is 1.17. The Kier molecular flexibility index (Phi) is 6.46. The van der Waals surface area contributed by atoms with Crippen LogP contribution in [0.3, 0.4) is 0 Å². The van der Waals surface area contributed by atoms with Gasteiger partial charge in [-0.05, 0) is 43.2 Å². The number of benzene rings is 2. The first-order chi connectivity index (χ1) is 10.6. The van der Waals surface area contributed by atoms with Crippen molar-refractivity contribution in [3.8, 4) is 5.75 Å². The fourth-order valence-corrected chi connectivity index (χ4v) is 2.35. The van der Waals surface area contributed by atoms with E-state index in [2.05, 4.69) is 21.2 Å². The standard InChI is InChI=1S/C18H20BrNO2/c1-14(15-9-11-16(19)12-10-15)20-18(21)8-5-13-22-17-6-3-2-4-7-17/h2-4,6-7,9-12,14H,5,8,13H2,1H3,(H,20,21)/t14-/m1/s1. The molecular formula is C18H20BrNO2. The molecule has 2 aromatic rings. The largest absolute Gasteiger partial charge is 0.494 e. The monoisotopic (exact) mass is 361 g/mol. The van der Waals surface area contributed by atoms with Crippen molar-refractivity contribution >= 4 is 21.8 Å². The Morgan fingerprint density at radius 2 is 1.82 bits per heavy atom. The van der Waals surface area contributed by atoms with Gasteiger partial charge in [0.2, 0.25) is 5.91 Å². The second kappa shape index (κ2) is 8.59. The van der Waals surface area contributed by atoms with Gasteiger partial charge in [-0.15, -0.1) is 0 Å². The van der Waals surface area contributed by atoms with Crippen LogP contribution in [-0.4, -0.2) is 12.5 Å². The van der Waals surface area contributed by atoms with Crippen molar-refractivity contribution in [1.82, 2.24) is 5.32 Å². The van der Waals surface area contributed by atoms with Gasteiger partial charge in [-0.1, -0.05) is 46.3 Å². The summed E-state index contributed by atoms with van der Waals surface area (Å²) >= 11 is 3.41. The topological polar surface area (TPSA) is 38.3 Å². The van der Waals surface area contributed by atoms with Crippen molar-refractivity contribution in [1.29, 1.82) is 0 Å². The molecule has 2 aromatic carbocycles. The third kappa shape index (κ3) is 5.53. The minimum Gasteiger partial charge on any atom is -0.494 e. The van der Waals surface area contributed by atoms with Crippen molar-refractivity contribution in [2.75, 3.05) is 6.61 Å². The molecule has 0 aliphatic carbocycles. The second-order valence-corrected chi connectivity index (χ2v) is 6.02. The lowest BCUT2D eigenvalue weighted by Crippen LogP contribution is -2.26. The number of amides is 1. The normalized spacial score (nSPS) is 11.7. The zero-order chi connectivity index (χ0) is 15.8. The van der Waals surface area contributed by atoms with Gasteiger partial charge in [-0.2, -0.15) is 0 Å². The molecule has 1 atom stereocenters. The molecule has 0 aliphatic rings. The Morgan fingerprint density at radius 3 is 2.50 bits per heavy atom. The maximum Gasteiger partial charge on any atom is 0.220 e. The molecule has 22 heavy (non-hydrogen) atoms. The van der Waals surface area contributed by atoms with Gasteiger partial charge in [-0.3, -0.25) is 4.79 Å². The summed E-state index contributed by atoms with van der Waals surface area (Å²) in [6.45, 7) is 2.53. The molecule has 0 bridgehead atoms. The molecule has 3 nitrogen and oxygen atoms in total. The Hall–Kier alpha value is -1.81. The molecule has 0 aliphatic heterocycles. The van der Waals surface area contributed by atoms with Crippen LogP contribution in [0.25, 0.3) is 0 Å². The minimum absolute atomic E-state index is 0.00985. The van der Waals surface area contributed by atoms with Crippen molar-refractivity contribution in [2.24, 2.45) is 0 Å². The highest BCUT2D eigenvalue weighted by Crippen LogP contribution is 2.16. The molecular weight excluding hydrogens is 342 g/mol. The molecule has 0 saturated carbocycles. The van der Waals surface area contributed by atoms with Crippen LogP contribution < -0.4 is 10.1 Å². The van der Waals surface area contributed by atoms with Gasteiger partial charge in [0, 0.05) is 10.9 Å². The van der Waals surface area contributed by atoms with Crippen LogP contribution in [0, 0.1) is 0 Å². The van der Waals surface area contributed by atoms with E-state index in [1.165, 1.54) is 0 Å². The average Bonchev–Trinajstić information content (AvgIpc) is 2.53. The van der Waals surface area contributed by atoms with Gasteiger partial charge in [0.1, 0.15) is 5.75 Å². The molecule has 0 spiro atoms. The number of para-hydroxylation sites is 1. The average molecular weight is 362 g/mol. The fraction of sp³-hybridized carbons (Fsp3) is 0.278. The Balaban J connectivity index is 1.68. The molecule has 1 amide bonds. The highest BCUT2D eigenvalue weighted by atomic mass is 79.9. The number of carbonyl (C=O) groups is 1. The van der Waals surface area contributed by atoms with E-state index in [1.807, 2.05) is 61.5 Å². The van der Waals surface area contributed by atoms with Crippen LogP contribution in [0.2, 0.25) is 0 Å². The van der Waals surface area contributed by atoms with Gasteiger partial charge in [0.05, 0.1) is 12.6 Å². The van der Waals surface area contributed by atoms with E-state index < -0.39 is 0 Å². The molecule has 1 N–H and O–H groups in total. The van der Waals surface area contributed by atoms with Crippen molar-refractivity contribution < 1.29 is 9.53 Å². The number of nitrogens with one attached hydrogen (secondary N) is 1. The van der Waals surface area contributed by atoms with Crippen molar-refractivity contribution in [3.63, 3.8) is 0 Å². The highest BCUT2D eigenvalue weighted by Gasteiger charge is 2.09. The first-order valence-corrected chi connectivity index (χ1v) is 8.17. The van der Waals surface area contributed by atoms with Gasteiger partial charge >= 0.3 is 0 Å². The Morgan fingerprint density at radius 1 is 1.14 bits per heavy atom. The summed E-state index contributed by atoms with van der Waals surface area (Å²) in [4.78, 5) is 11.9. The second-order valence-electron chi connectivity index (χ2n) is 5.11. The molecule has 116 valence electrons. The molecule has 4 heteroatoms. The van der Waals surface area contributed by atoms with E-state index in [9.17, 15) is 4.79 Å². The van der Waals surface area contributed by atoms with Crippen LogP contribution >= 0.6 is 15.9 Å². The number of hydrogen-bond donors (Lipinski definition) is 1. The number of carbonyl (C=O) groups excluding carboxylic acids is 1. The number of hydrogen-bond acceptors (Lipinski definition) is 2. The van der Waals surface area contributed by atoms with Crippen molar-refractivity contribution in [3.05, 3.63) is 64.6 Å². The lowest BCUT2D eigenvalue weighted by atomic mass is 10.1. The van der Waals surface area contributed by atoms with E-state index in [0.717, 1.165) is 15.8 Å². The molecule has 0 unspecified atom stereocenters.